The van der Waals surface area contributed by atoms with Gasteiger partial charge in [0.05, 0.1) is 4.90 Å². The maximum atomic E-state index is 12.4. The Kier molecular flexibility index (Phi) is 4.45. The molecule has 0 saturated heterocycles. The summed E-state index contributed by atoms with van der Waals surface area (Å²) in [5.74, 6) is 0. The molecule has 2 rings (SSSR count). The van der Waals surface area contributed by atoms with Gasteiger partial charge in [-0.25, -0.2) is 8.42 Å². The van der Waals surface area contributed by atoms with Crippen molar-refractivity contribution in [1.82, 2.24) is 4.31 Å². The van der Waals surface area contributed by atoms with E-state index in [2.05, 4.69) is 15.9 Å². The van der Waals surface area contributed by atoms with Crippen LogP contribution in [0, 0.1) is 6.92 Å². The summed E-state index contributed by atoms with van der Waals surface area (Å²) >= 11 is 4.91. The number of halogens is 1. The summed E-state index contributed by atoms with van der Waals surface area (Å²) in [6, 6.07) is 8.90. The second-order valence-electron chi connectivity index (χ2n) is 4.31. The zero-order chi connectivity index (χ0) is 14.0. The minimum Gasteiger partial charge on any atom is -0.207 e. The quantitative estimate of drug-likeness (QED) is 0.835. The highest BCUT2D eigenvalue weighted by Crippen LogP contribution is 2.23. The standard InChI is InChI=1S/C13H14BrNO2S2/c1-10-4-3-5-13(6-10)19(16,17)15(2)8-12-7-11(14)9-18-12/h3-7,9H,8H2,1-2H3. The summed E-state index contributed by atoms with van der Waals surface area (Å²) in [5, 5.41) is 1.95. The van der Waals surface area contributed by atoms with Crippen molar-refractivity contribution in [1.29, 1.82) is 0 Å². The summed E-state index contributed by atoms with van der Waals surface area (Å²) in [6.45, 7) is 2.27. The van der Waals surface area contributed by atoms with E-state index in [1.807, 2.05) is 24.4 Å². The molecule has 0 aliphatic heterocycles. The lowest BCUT2D eigenvalue weighted by Gasteiger charge is -2.16. The van der Waals surface area contributed by atoms with Gasteiger partial charge >= 0.3 is 0 Å². The molecule has 2 aromatic rings. The van der Waals surface area contributed by atoms with Gasteiger partial charge in [0.25, 0.3) is 0 Å². The summed E-state index contributed by atoms with van der Waals surface area (Å²) < 4.78 is 27.2. The van der Waals surface area contributed by atoms with Crippen molar-refractivity contribution in [2.75, 3.05) is 7.05 Å². The minimum absolute atomic E-state index is 0.339. The zero-order valence-electron chi connectivity index (χ0n) is 10.6. The zero-order valence-corrected chi connectivity index (χ0v) is 13.8. The Morgan fingerprint density at radius 2 is 2.05 bits per heavy atom. The van der Waals surface area contributed by atoms with Crippen molar-refractivity contribution in [3.8, 4) is 0 Å². The molecule has 0 aliphatic carbocycles. The lowest BCUT2D eigenvalue weighted by Crippen LogP contribution is -2.26. The van der Waals surface area contributed by atoms with Gasteiger partial charge in [-0.1, -0.05) is 12.1 Å². The Morgan fingerprint density at radius 3 is 2.63 bits per heavy atom. The Balaban J connectivity index is 2.24. The normalized spacial score (nSPS) is 12.0. The van der Waals surface area contributed by atoms with E-state index >= 15 is 0 Å². The number of aryl methyl sites for hydroxylation is 1. The largest absolute Gasteiger partial charge is 0.243 e. The molecule has 0 aliphatic rings. The molecule has 1 heterocycles. The number of hydrogen-bond donors (Lipinski definition) is 0. The van der Waals surface area contributed by atoms with E-state index in [0.717, 1.165) is 14.9 Å². The van der Waals surface area contributed by atoms with E-state index in [-0.39, 0.29) is 0 Å². The molecule has 0 bridgehead atoms. The van der Waals surface area contributed by atoms with E-state index in [1.54, 1.807) is 25.2 Å². The van der Waals surface area contributed by atoms with Gasteiger partial charge in [0.15, 0.2) is 0 Å². The number of rotatable bonds is 4. The predicted molar refractivity (Wildman–Crippen MR) is 81.9 cm³/mol. The molecule has 19 heavy (non-hydrogen) atoms. The third kappa shape index (κ3) is 3.45. The third-order valence-corrected chi connectivity index (χ3v) is 6.18. The molecule has 0 unspecified atom stereocenters. The van der Waals surface area contributed by atoms with Gasteiger partial charge < -0.3 is 0 Å². The molecule has 0 fully saturated rings. The van der Waals surface area contributed by atoms with E-state index in [9.17, 15) is 8.42 Å². The number of hydrogen-bond acceptors (Lipinski definition) is 3. The molecule has 1 aromatic heterocycles. The number of sulfonamides is 1. The SMILES string of the molecule is Cc1cccc(S(=O)(=O)N(C)Cc2cc(Br)cs2)c1. The molecule has 0 atom stereocenters. The summed E-state index contributed by atoms with van der Waals surface area (Å²) in [6.07, 6.45) is 0. The highest BCUT2D eigenvalue weighted by Gasteiger charge is 2.21. The highest BCUT2D eigenvalue weighted by molar-refractivity contribution is 9.10. The molecule has 0 amide bonds. The fourth-order valence-electron chi connectivity index (χ4n) is 1.70. The minimum atomic E-state index is -3.43. The lowest BCUT2D eigenvalue weighted by atomic mass is 10.2. The monoisotopic (exact) mass is 359 g/mol. The van der Waals surface area contributed by atoms with Gasteiger partial charge in [-0.2, -0.15) is 4.31 Å². The topological polar surface area (TPSA) is 37.4 Å². The summed E-state index contributed by atoms with van der Waals surface area (Å²) in [7, 11) is -1.82. The van der Waals surface area contributed by atoms with Gasteiger partial charge in [-0.3, -0.25) is 0 Å². The molecule has 1 aromatic carbocycles. The molecule has 6 heteroatoms. The molecular weight excluding hydrogens is 346 g/mol. The summed E-state index contributed by atoms with van der Waals surface area (Å²) in [4.78, 5) is 1.34. The first kappa shape index (κ1) is 14.7. The van der Waals surface area contributed by atoms with Gasteiger partial charge in [-0.15, -0.1) is 11.3 Å². The maximum Gasteiger partial charge on any atom is 0.243 e. The molecular formula is C13H14BrNO2S2. The van der Waals surface area contributed by atoms with E-state index in [0.29, 0.717) is 11.4 Å². The Morgan fingerprint density at radius 1 is 1.32 bits per heavy atom. The van der Waals surface area contributed by atoms with E-state index in [1.165, 1.54) is 15.6 Å². The molecule has 0 spiro atoms. The number of thiophene rings is 1. The first-order valence-electron chi connectivity index (χ1n) is 5.65. The number of nitrogens with zero attached hydrogens (tertiary/aromatic N) is 1. The van der Waals surface area contributed by atoms with E-state index < -0.39 is 10.0 Å². The van der Waals surface area contributed by atoms with Gasteiger partial charge in [-0.05, 0) is 46.6 Å². The molecule has 3 nitrogen and oxygen atoms in total. The van der Waals surface area contributed by atoms with Crippen LogP contribution in [-0.4, -0.2) is 19.8 Å². The molecule has 0 saturated carbocycles. The van der Waals surface area contributed by atoms with Crippen molar-refractivity contribution in [2.45, 2.75) is 18.4 Å². The second kappa shape index (κ2) is 5.75. The van der Waals surface area contributed by atoms with Crippen LogP contribution >= 0.6 is 27.3 Å². The Labute approximate surface area is 126 Å². The Bertz CT molecular complexity index is 679. The molecule has 102 valence electrons. The van der Waals surface area contributed by atoms with Crippen LogP contribution in [0.5, 0.6) is 0 Å². The average Bonchev–Trinajstić information content (AvgIpc) is 2.74. The predicted octanol–water partition coefficient (Wildman–Crippen LogP) is 3.64. The van der Waals surface area contributed by atoms with Crippen LogP contribution in [-0.2, 0) is 16.6 Å². The van der Waals surface area contributed by atoms with Gasteiger partial charge in [0, 0.05) is 28.3 Å². The first-order valence-corrected chi connectivity index (χ1v) is 8.77. The average molecular weight is 360 g/mol. The van der Waals surface area contributed by atoms with Crippen molar-refractivity contribution >= 4 is 37.3 Å². The third-order valence-electron chi connectivity index (χ3n) is 2.70. The molecule has 0 N–H and O–H groups in total. The fourth-order valence-corrected chi connectivity index (χ4v) is 4.54. The summed E-state index contributed by atoms with van der Waals surface area (Å²) in [5.41, 5.74) is 0.938. The second-order valence-corrected chi connectivity index (χ2v) is 8.27. The molecule has 0 radical (unpaired) electrons. The van der Waals surface area contributed by atoms with Gasteiger partial charge in [0.1, 0.15) is 0 Å². The van der Waals surface area contributed by atoms with Crippen LogP contribution in [0.25, 0.3) is 0 Å². The first-order chi connectivity index (χ1) is 8.89. The fraction of sp³-hybridized carbons (Fsp3) is 0.231. The Hall–Kier alpha value is -0.690. The van der Waals surface area contributed by atoms with Crippen LogP contribution in [0.2, 0.25) is 0 Å². The van der Waals surface area contributed by atoms with Crippen LogP contribution in [0.15, 0.2) is 45.1 Å². The van der Waals surface area contributed by atoms with Crippen molar-refractivity contribution in [3.05, 3.63) is 50.6 Å². The van der Waals surface area contributed by atoms with Crippen molar-refractivity contribution in [2.24, 2.45) is 0 Å². The number of benzene rings is 1. The van der Waals surface area contributed by atoms with Crippen LogP contribution in [0.3, 0.4) is 0 Å². The van der Waals surface area contributed by atoms with Crippen molar-refractivity contribution < 1.29 is 8.42 Å². The van der Waals surface area contributed by atoms with Crippen LogP contribution in [0.1, 0.15) is 10.4 Å². The smallest absolute Gasteiger partial charge is 0.207 e. The highest BCUT2D eigenvalue weighted by atomic mass is 79.9. The van der Waals surface area contributed by atoms with Crippen LogP contribution < -0.4 is 0 Å². The van der Waals surface area contributed by atoms with Crippen LogP contribution in [0.4, 0.5) is 0 Å². The van der Waals surface area contributed by atoms with Gasteiger partial charge in [0.2, 0.25) is 10.0 Å². The van der Waals surface area contributed by atoms with E-state index in [4.69, 9.17) is 0 Å². The van der Waals surface area contributed by atoms with Crippen molar-refractivity contribution in [3.63, 3.8) is 0 Å². The maximum absolute atomic E-state index is 12.4. The lowest BCUT2D eigenvalue weighted by molar-refractivity contribution is 0.469.